The van der Waals surface area contributed by atoms with Crippen LogP contribution < -0.4 is 10.1 Å². The van der Waals surface area contributed by atoms with Gasteiger partial charge in [0.1, 0.15) is 5.75 Å². The summed E-state index contributed by atoms with van der Waals surface area (Å²) < 4.78 is 11.4. The van der Waals surface area contributed by atoms with Crippen LogP contribution in [0.25, 0.3) is 11.1 Å². The molecule has 3 aromatic rings. The van der Waals surface area contributed by atoms with Crippen LogP contribution in [0.4, 0.5) is 4.79 Å². The first-order chi connectivity index (χ1) is 18.1. The highest BCUT2D eigenvalue weighted by Gasteiger charge is 2.38. The molecule has 3 aliphatic heterocycles. The lowest BCUT2D eigenvalue weighted by Crippen LogP contribution is -2.51. The minimum absolute atomic E-state index is 0.174. The number of ether oxygens (including phenoxy) is 2. The van der Waals surface area contributed by atoms with Gasteiger partial charge in [-0.25, -0.2) is 4.79 Å². The zero-order chi connectivity index (χ0) is 25.4. The molecule has 3 aliphatic rings. The van der Waals surface area contributed by atoms with Crippen LogP contribution in [0.5, 0.6) is 5.75 Å². The maximum absolute atomic E-state index is 13.7. The van der Waals surface area contributed by atoms with Gasteiger partial charge in [-0.15, -0.1) is 0 Å². The third-order valence-electron chi connectivity index (χ3n) is 6.84. The molecule has 1 fully saturated rings. The van der Waals surface area contributed by atoms with Gasteiger partial charge in [-0.3, -0.25) is 9.88 Å². The fourth-order valence-corrected chi connectivity index (χ4v) is 5.64. The number of nitrogens with zero attached hydrogens (tertiary/aromatic N) is 4. The van der Waals surface area contributed by atoms with Crippen LogP contribution in [0, 0.1) is 0 Å². The maximum atomic E-state index is 13.7. The van der Waals surface area contributed by atoms with Gasteiger partial charge < -0.3 is 14.8 Å². The molecule has 10 heteroatoms. The first kappa shape index (κ1) is 24.2. The van der Waals surface area contributed by atoms with E-state index in [1.165, 1.54) is 5.01 Å². The molecule has 2 aromatic carbocycles. The van der Waals surface area contributed by atoms with Gasteiger partial charge in [0.05, 0.1) is 37.8 Å². The fourth-order valence-electron chi connectivity index (χ4n) is 5.11. The minimum Gasteiger partial charge on any atom is -0.493 e. The molecule has 4 heterocycles. The molecule has 37 heavy (non-hydrogen) atoms. The second-order valence-electron chi connectivity index (χ2n) is 9.10. The lowest BCUT2D eigenvalue weighted by Gasteiger charge is -2.41. The Balaban J connectivity index is 1.37. The number of urea groups is 1. The summed E-state index contributed by atoms with van der Waals surface area (Å²) in [5.74, 6) is 0.794. The van der Waals surface area contributed by atoms with E-state index in [4.69, 9.17) is 37.7 Å². The number of hydrogen-bond donors (Lipinski definition) is 1. The molecule has 2 atom stereocenters. The first-order valence-corrected chi connectivity index (χ1v) is 13.0. The van der Waals surface area contributed by atoms with Gasteiger partial charge in [0, 0.05) is 46.9 Å². The smallest absolute Gasteiger partial charge is 0.340 e. The molecule has 0 bridgehead atoms. The van der Waals surface area contributed by atoms with Gasteiger partial charge >= 0.3 is 6.03 Å². The Morgan fingerprint density at radius 3 is 2.62 bits per heavy atom. The van der Waals surface area contributed by atoms with Gasteiger partial charge in [0.25, 0.3) is 0 Å². The number of carbonyl (C=O) groups excluding carboxylic acids is 1. The summed E-state index contributed by atoms with van der Waals surface area (Å²) in [4.78, 5) is 20.6. The molecule has 0 saturated carbocycles. The number of hydrazone groups is 1. The van der Waals surface area contributed by atoms with Gasteiger partial charge in [0.2, 0.25) is 0 Å². The van der Waals surface area contributed by atoms with Crippen molar-refractivity contribution in [3.63, 3.8) is 0 Å². The van der Waals surface area contributed by atoms with E-state index in [0.717, 1.165) is 33.7 Å². The number of amides is 2. The Morgan fingerprint density at radius 1 is 1.03 bits per heavy atom. The highest BCUT2D eigenvalue weighted by molar-refractivity contribution is 6.35. The van der Waals surface area contributed by atoms with Crippen LogP contribution in [0.15, 0.2) is 59.8 Å². The van der Waals surface area contributed by atoms with Gasteiger partial charge in [-0.1, -0.05) is 41.4 Å². The first-order valence-electron chi connectivity index (χ1n) is 12.2. The van der Waals surface area contributed by atoms with E-state index in [2.05, 4.69) is 15.3 Å². The van der Waals surface area contributed by atoms with E-state index in [1.807, 2.05) is 42.5 Å². The van der Waals surface area contributed by atoms with Gasteiger partial charge in [0.15, 0.2) is 6.17 Å². The van der Waals surface area contributed by atoms with Crippen molar-refractivity contribution in [1.29, 1.82) is 0 Å². The Hall–Kier alpha value is -3.17. The zero-order valence-electron chi connectivity index (χ0n) is 19.9. The summed E-state index contributed by atoms with van der Waals surface area (Å²) in [5.41, 5.74) is 4.30. The quantitative estimate of drug-likeness (QED) is 0.492. The van der Waals surface area contributed by atoms with Crippen molar-refractivity contribution in [2.45, 2.75) is 18.6 Å². The van der Waals surface area contributed by atoms with Crippen molar-refractivity contribution in [2.24, 2.45) is 5.10 Å². The summed E-state index contributed by atoms with van der Waals surface area (Å²) >= 11 is 12.6. The van der Waals surface area contributed by atoms with Crippen molar-refractivity contribution in [2.75, 3.05) is 32.9 Å². The van der Waals surface area contributed by atoms with E-state index in [0.29, 0.717) is 49.4 Å². The average Bonchev–Trinajstić information content (AvgIpc) is 2.92. The van der Waals surface area contributed by atoms with Crippen LogP contribution in [0.2, 0.25) is 10.0 Å². The van der Waals surface area contributed by atoms with E-state index >= 15 is 0 Å². The number of fused-ring (bicyclic) bond motifs is 2. The maximum Gasteiger partial charge on any atom is 0.340 e. The van der Waals surface area contributed by atoms with Crippen LogP contribution in [0.1, 0.15) is 35.4 Å². The lowest BCUT2D eigenvalue weighted by molar-refractivity contribution is -0.0247. The number of halogens is 2. The largest absolute Gasteiger partial charge is 0.493 e. The molecule has 8 nitrogen and oxygen atoms in total. The monoisotopic (exact) mass is 537 g/mol. The number of benzene rings is 2. The topological polar surface area (TPSA) is 79.3 Å². The molecule has 1 saturated heterocycles. The molecule has 190 valence electrons. The summed E-state index contributed by atoms with van der Waals surface area (Å²) in [7, 11) is 0. The van der Waals surface area contributed by atoms with E-state index < -0.39 is 6.17 Å². The summed E-state index contributed by atoms with van der Waals surface area (Å²) in [6.07, 6.45) is 3.63. The number of carbonyl (C=O) groups is 1. The number of hydrogen-bond acceptors (Lipinski definition) is 6. The highest BCUT2D eigenvalue weighted by atomic mass is 35.5. The van der Waals surface area contributed by atoms with Crippen LogP contribution in [0.3, 0.4) is 0 Å². The summed E-state index contributed by atoms with van der Waals surface area (Å²) in [6.45, 7) is 2.98. The third kappa shape index (κ3) is 4.78. The van der Waals surface area contributed by atoms with Crippen molar-refractivity contribution in [1.82, 2.24) is 20.2 Å². The zero-order valence-corrected chi connectivity index (χ0v) is 21.5. The van der Waals surface area contributed by atoms with E-state index in [9.17, 15) is 4.79 Å². The number of nitrogens with one attached hydrogen (secondary N) is 1. The van der Waals surface area contributed by atoms with Crippen molar-refractivity contribution < 1.29 is 14.3 Å². The van der Waals surface area contributed by atoms with Gasteiger partial charge in [-0.2, -0.15) is 10.1 Å². The number of morpholine rings is 1. The molecule has 2 amide bonds. The summed E-state index contributed by atoms with van der Waals surface area (Å²) in [5, 5.41) is 10.4. The normalized spacial score (nSPS) is 21.1. The van der Waals surface area contributed by atoms with Crippen molar-refractivity contribution >= 4 is 35.4 Å². The molecule has 0 aliphatic carbocycles. The van der Waals surface area contributed by atoms with E-state index in [1.54, 1.807) is 18.5 Å². The Kier molecular flexibility index (Phi) is 6.73. The molecule has 1 aromatic heterocycles. The molecule has 0 radical (unpaired) electrons. The van der Waals surface area contributed by atoms with Crippen LogP contribution >= 0.6 is 23.2 Å². The predicted molar refractivity (Wildman–Crippen MR) is 142 cm³/mol. The number of pyridine rings is 1. The number of rotatable bonds is 3. The fraction of sp³-hybridized carbons (Fsp3) is 0.296. The predicted octanol–water partition coefficient (Wildman–Crippen LogP) is 5.27. The lowest BCUT2D eigenvalue weighted by atomic mass is 9.97. The third-order valence-corrected chi connectivity index (χ3v) is 7.27. The molecular formula is C27H25Cl2N5O3. The highest BCUT2D eigenvalue weighted by Crippen LogP contribution is 2.37. The molecule has 6 rings (SSSR count). The van der Waals surface area contributed by atoms with Gasteiger partial charge in [-0.05, 0) is 41.5 Å². The Bertz CT molecular complexity index is 1340. The van der Waals surface area contributed by atoms with Crippen LogP contribution in [-0.4, -0.2) is 60.0 Å². The number of para-hydroxylation sites is 1. The minimum atomic E-state index is -0.492. The molecule has 0 spiro atoms. The van der Waals surface area contributed by atoms with Crippen molar-refractivity contribution in [3.05, 3.63) is 81.6 Å². The van der Waals surface area contributed by atoms with Crippen LogP contribution in [-0.2, 0) is 4.74 Å². The second-order valence-corrected chi connectivity index (χ2v) is 9.98. The second kappa shape index (κ2) is 10.3. The molecule has 1 N–H and O–H groups in total. The standard InChI is InChI=1S/C27H25Cl2N5O3/c28-18-13-17(14-19(29)15-18)20-5-7-30-25-22(20)16-31-34(26(25)33-8-11-36-12-9-33)27(35)32-23-6-10-37-24-4-2-1-3-21(23)24/h1-5,7,13-16,23,26H,6,8-12H2,(H,32,35)/t23-,26?/m0/s1. The SMILES string of the molecule is O=C(N[C@H]1CCOc2ccccc21)N1N=Cc2c(-c3cc(Cl)cc(Cl)c3)ccnc2C1N1CCOCC1. The molecular weight excluding hydrogens is 513 g/mol. The number of aromatic nitrogens is 1. The summed E-state index contributed by atoms with van der Waals surface area (Å²) in [6, 6.07) is 14.7. The van der Waals surface area contributed by atoms with E-state index in [-0.39, 0.29) is 12.1 Å². The molecule has 1 unspecified atom stereocenters. The van der Waals surface area contributed by atoms with Crippen molar-refractivity contribution in [3.8, 4) is 16.9 Å². The Morgan fingerprint density at radius 2 is 1.81 bits per heavy atom. The Labute approximate surface area is 224 Å². The average molecular weight is 538 g/mol.